The van der Waals surface area contributed by atoms with Crippen LogP contribution in [0.5, 0.6) is 0 Å². The number of aryl methyl sites for hydroxylation is 1. The molecule has 1 aromatic carbocycles. The number of aliphatic hydroxyl groups is 1. The summed E-state index contributed by atoms with van der Waals surface area (Å²) in [7, 11) is 0. The van der Waals surface area contributed by atoms with Gasteiger partial charge < -0.3 is 9.84 Å². The number of carbonyl (C=O) groups is 1. The fraction of sp³-hybridized carbons (Fsp3) is 0.222. The zero-order chi connectivity index (χ0) is 23.8. The van der Waals surface area contributed by atoms with Crippen molar-refractivity contribution >= 4 is 5.97 Å². The minimum Gasteiger partial charge on any atom is -0.508 e. The van der Waals surface area contributed by atoms with Gasteiger partial charge in [0.15, 0.2) is 0 Å². The van der Waals surface area contributed by atoms with E-state index in [1.54, 1.807) is 37.3 Å². The Morgan fingerprint density at radius 3 is 2.56 bits per heavy atom. The summed E-state index contributed by atoms with van der Waals surface area (Å²) in [5.41, 5.74) is 4.89. The van der Waals surface area contributed by atoms with Crippen LogP contribution < -0.4 is 0 Å². The molecule has 162 valence electrons. The topological polar surface area (TPSA) is 94.1 Å². The first-order valence-electron chi connectivity index (χ1n) is 10.1. The fourth-order valence-electron chi connectivity index (χ4n) is 3.62. The van der Waals surface area contributed by atoms with Crippen LogP contribution in [0.15, 0.2) is 89.3 Å². The second-order valence-electron chi connectivity index (χ2n) is 7.55. The van der Waals surface area contributed by atoms with Gasteiger partial charge in [0, 0.05) is 11.5 Å². The highest BCUT2D eigenvalue weighted by Crippen LogP contribution is 2.41. The number of rotatable bonds is 7. The van der Waals surface area contributed by atoms with Crippen molar-refractivity contribution in [2.24, 2.45) is 0 Å². The smallest absolute Gasteiger partial charge is 0.335 e. The molecule has 0 heterocycles. The van der Waals surface area contributed by atoms with Crippen LogP contribution >= 0.6 is 0 Å². The lowest BCUT2D eigenvalue weighted by atomic mass is 9.78. The van der Waals surface area contributed by atoms with Crippen LogP contribution in [0.1, 0.15) is 42.9 Å². The van der Waals surface area contributed by atoms with Crippen molar-refractivity contribution < 1.29 is 14.6 Å². The molecule has 0 spiro atoms. The summed E-state index contributed by atoms with van der Waals surface area (Å²) in [4.78, 5) is 13.2. The van der Waals surface area contributed by atoms with Crippen LogP contribution in [0.4, 0.5) is 0 Å². The number of ether oxygens (including phenoxy) is 1. The van der Waals surface area contributed by atoms with Gasteiger partial charge in [-0.1, -0.05) is 43.0 Å². The first-order chi connectivity index (χ1) is 15.2. The van der Waals surface area contributed by atoms with Crippen LogP contribution in [0, 0.1) is 29.6 Å². The Labute approximate surface area is 189 Å². The van der Waals surface area contributed by atoms with Gasteiger partial charge >= 0.3 is 5.97 Å². The number of esters is 1. The van der Waals surface area contributed by atoms with E-state index >= 15 is 0 Å². The van der Waals surface area contributed by atoms with E-state index in [4.69, 9.17) is 10.00 Å². The van der Waals surface area contributed by atoms with E-state index in [-0.39, 0.29) is 18.8 Å². The Bertz CT molecular complexity index is 1160. The van der Waals surface area contributed by atoms with Crippen LogP contribution in [0.2, 0.25) is 0 Å². The standard InChI is InChI=1S/C27H26N2O3/c1-6-19(4)25(27(31)32-11-7-10-28)26(22-9-8-21(16-29)15-20(22)5)23-13-17(2)12-18(3)14-24(23)30/h6,8-9,12-15,26,30H,1,3,7,11H2,2,4-5H3/b25-19+/t26-/m1/s1. The van der Waals surface area contributed by atoms with E-state index in [1.807, 2.05) is 32.1 Å². The average Bonchev–Trinajstić information content (AvgIpc) is 2.88. The lowest BCUT2D eigenvalue weighted by Crippen LogP contribution is -2.20. The number of aliphatic hydroxyl groups excluding tert-OH is 1. The first kappa shape index (κ1) is 24.2. The average molecular weight is 427 g/mol. The number of allylic oxidation sites excluding steroid dienone is 8. The molecule has 0 saturated carbocycles. The van der Waals surface area contributed by atoms with E-state index in [9.17, 15) is 15.2 Å². The molecule has 32 heavy (non-hydrogen) atoms. The predicted molar refractivity (Wildman–Crippen MR) is 124 cm³/mol. The maximum Gasteiger partial charge on any atom is 0.335 e. The molecular formula is C27H26N2O3. The molecular weight excluding hydrogens is 400 g/mol. The van der Waals surface area contributed by atoms with E-state index in [0.29, 0.717) is 27.9 Å². The summed E-state index contributed by atoms with van der Waals surface area (Å²) in [6, 6.07) is 9.27. The van der Waals surface area contributed by atoms with Gasteiger partial charge in [0.1, 0.15) is 12.4 Å². The second kappa shape index (κ2) is 10.8. The molecule has 1 aromatic rings. The van der Waals surface area contributed by atoms with Crippen molar-refractivity contribution in [3.63, 3.8) is 0 Å². The predicted octanol–water partition coefficient (Wildman–Crippen LogP) is 5.79. The van der Waals surface area contributed by atoms with Gasteiger partial charge in [0.2, 0.25) is 0 Å². The summed E-state index contributed by atoms with van der Waals surface area (Å²) in [5, 5.41) is 29.0. The highest BCUT2D eigenvalue weighted by molar-refractivity contribution is 5.93. The summed E-state index contributed by atoms with van der Waals surface area (Å²) >= 11 is 0. The molecule has 1 aliphatic carbocycles. The normalized spacial score (nSPS) is 15.0. The van der Waals surface area contributed by atoms with E-state index in [0.717, 1.165) is 16.7 Å². The molecule has 1 N–H and O–H groups in total. The maximum atomic E-state index is 13.2. The van der Waals surface area contributed by atoms with Crippen molar-refractivity contribution in [1.29, 1.82) is 10.5 Å². The van der Waals surface area contributed by atoms with Crippen molar-refractivity contribution in [3.8, 4) is 12.1 Å². The van der Waals surface area contributed by atoms with Gasteiger partial charge in [-0.3, -0.25) is 0 Å². The van der Waals surface area contributed by atoms with Gasteiger partial charge in [0.25, 0.3) is 0 Å². The third-order valence-corrected chi connectivity index (χ3v) is 5.12. The van der Waals surface area contributed by atoms with Gasteiger partial charge in [-0.15, -0.1) is 0 Å². The third kappa shape index (κ3) is 5.53. The number of hydrogen-bond acceptors (Lipinski definition) is 5. The number of hydrogen-bond donors (Lipinski definition) is 1. The number of nitriles is 2. The van der Waals surface area contributed by atoms with Gasteiger partial charge in [0.05, 0.1) is 29.7 Å². The van der Waals surface area contributed by atoms with E-state index < -0.39 is 11.9 Å². The zero-order valence-electron chi connectivity index (χ0n) is 18.6. The number of carbonyl (C=O) groups excluding carboxylic acids is 1. The lowest BCUT2D eigenvalue weighted by molar-refractivity contribution is -0.139. The molecule has 5 heteroatoms. The number of nitrogens with zero attached hydrogens (tertiary/aromatic N) is 2. The third-order valence-electron chi connectivity index (χ3n) is 5.12. The number of benzene rings is 1. The Morgan fingerprint density at radius 2 is 1.97 bits per heavy atom. The quantitative estimate of drug-likeness (QED) is 0.258. The molecule has 0 unspecified atom stereocenters. The molecule has 1 atom stereocenters. The highest BCUT2D eigenvalue weighted by atomic mass is 16.5. The molecule has 0 saturated heterocycles. The molecule has 0 bridgehead atoms. The molecule has 1 aliphatic rings. The second-order valence-corrected chi connectivity index (χ2v) is 7.55. The lowest BCUT2D eigenvalue weighted by Gasteiger charge is -2.26. The van der Waals surface area contributed by atoms with Gasteiger partial charge in [-0.05, 0) is 61.3 Å². The van der Waals surface area contributed by atoms with Crippen LogP contribution in [0.3, 0.4) is 0 Å². The SMILES string of the molecule is C=C/C(C)=C(/C(=O)OCCC#N)[C@@H](C1=CC(C)=CC(=C)C=C1O)c1ccc(C#N)cc1C. The molecule has 0 aromatic heterocycles. The summed E-state index contributed by atoms with van der Waals surface area (Å²) in [5.74, 6) is -1.30. The van der Waals surface area contributed by atoms with Crippen molar-refractivity contribution in [2.45, 2.75) is 33.1 Å². The Balaban J connectivity index is 2.82. The molecule has 0 aliphatic heterocycles. The summed E-state index contributed by atoms with van der Waals surface area (Å²) in [6.45, 7) is 13.2. The monoisotopic (exact) mass is 426 g/mol. The molecule has 2 rings (SSSR count). The Morgan fingerprint density at radius 1 is 1.25 bits per heavy atom. The van der Waals surface area contributed by atoms with Gasteiger partial charge in [-0.2, -0.15) is 10.5 Å². The van der Waals surface area contributed by atoms with Crippen molar-refractivity contribution in [1.82, 2.24) is 0 Å². The largest absolute Gasteiger partial charge is 0.508 e. The van der Waals surface area contributed by atoms with Crippen molar-refractivity contribution in [3.05, 3.63) is 106 Å². The van der Waals surface area contributed by atoms with Crippen molar-refractivity contribution in [2.75, 3.05) is 6.61 Å². The maximum absolute atomic E-state index is 13.2. The van der Waals surface area contributed by atoms with Crippen LogP contribution in [-0.2, 0) is 9.53 Å². The molecule has 5 nitrogen and oxygen atoms in total. The Kier molecular flexibility index (Phi) is 8.16. The fourth-order valence-corrected chi connectivity index (χ4v) is 3.62. The summed E-state index contributed by atoms with van der Waals surface area (Å²) in [6.07, 6.45) is 6.83. The molecule has 0 radical (unpaired) electrons. The van der Waals surface area contributed by atoms with Gasteiger partial charge in [-0.25, -0.2) is 4.79 Å². The molecule has 0 amide bonds. The first-order valence-corrected chi connectivity index (χ1v) is 10.1. The minimum atomic E-state index is -0.694. The summed E-state index contributed by atoms with van der Waals surface area (Å²) < 4.78 is 5.38. The minimum absolute atomic E-state index is 0.0175. The zero-order valence-corrected chi connectivity index (χ0v) is 18.6. The van der Waals surface area contributed by atoms with E-state index in [2.05, 4.69) is 19.2 Å². The highest BCUT2D eigenvalue weighted by Gasteiger charge is 2.32. The van der Waals surface area contributed by atoms with Crippen LogP contribution in [-0.4, -0.2) is 17.7 Å². The van der Waals surface area contributed by atoms with E-state index in [1.165, 1.54) is 0 Å². The molecule has 0 fully saturated rings. The van der Waals surface area contributed by atoms with Crippen LogP contribution in [0.25, 0.3) is 0 Å². The Hall–Kier alpha value is -4.09.